The molecule has 1 heterocycles. The van der Waals surface area contributed by atoms with Crippen molar-refractivity contribution in [2.75, 3.05) is 6.54 Å². The quantitative estimate of drug-likeness (QED) is 0.911. The van der Waals surface area contributed by atoms with Crippen molar-refractivity contribution < 1.29 is 4.74 Å². The third-order valence-electron chi connectivity index (χ3n) is 4.04. The van der Waals surface area contributed by atoms with Crippen LogP contribution in [0.25, 0.3) is 11.1 Å². The highest BCUT2D eigenvalue weighted by atomic mass is 16.5. The van der Waals surface area contributed by atoms with Gasteiger partial charge in [-0.1, -0.05) is 36.8 Å². The van der Waals surface area contributed by atoms with E-state index in [1.165, 1.54) is 27.8 Å². The van der Waals surface area contributed by atoms with E-state index in [1.807, 2.05) is 0 Å². The fourth-order valence-electron chi connectivity index (χ4n) is 2.96. The first-order chi connectivity index (χ1) is 10.2. The summed E-state index contributed by atoms with van der Waals surface area (Å²) in [6.07, 6.45) is 1.31. The molecule has 0 amide bonds. The van der Waals surface area contributed by atoms with Gasteiger partial charge in [0.2, 0.25) is 0 Å². The largest absolute Gasteiger partial charge is 0.490 e. The van der Waals surface area contributed by atoms with Gasteiger partial charge >= 0.3 is 0 Å². The van der Waals surface area contributed by atoms with Gasteiger partial charge in [-0.05, 0) is 54.8 Å². The Morgan fingerprint density at radius 2 is 2.05 bits per heavy atom. The van der Waals surface area contributed by atoms with Crippen LogP contribution < -0.4 is 10.1 Å². The Morgan fingerprint density at radius 1 is 1.19 bits per heavy atom. The van der Waals surface area contributed by atoms with Crippen molar-refractivity contribution in [2.45, 2.75) is 39.8 Å². The lowest BCUT2D eigenvalue weighted by Gasteiger charge is -2.12. The third kappa shape index (κ3) is 2.96. The molecule has 2 nitrogen and oxygen atoms in total. The molecular weight excluding hydrogens is 258 g/mol. The number of ether oxygens (including phenoxy) is 1. The van der Waals surface area contributed by atoms with Crippen LogP contribution in [-0.2, 0) is 13.0 Å². The van der Waals surface area contributed by atoms with E-state index in [4.69, 9.17) is 4.74 Å². The molecule has 3 rings (SSSR count). The van der Waals surface area contributed by atoms with Crippen molar-refractivity contribution in [3.05, 3.63) is 53.1 Å². The molecule has 0 saturated heterocycles. The average molecular weight is 281 g/mol. The molecule has 1 atom stereocenters. The van der Waals surface area contributed by atoms with Gasteiger partial charge in [0, 0.05) is 13.0 Å². The van der Waals surface area contributed by atoms with Gasteiger partial charge in [-0.3, -0.25) is 0 Å². The number of rotatable bonds is 4. The lowest BCUT2D eigenvalue weighted by Crippen LogP contribution is -2.12. The Kier molecular flexibility index (Phi) is 3.98. The van der Waals surface area contributed by atoms with E-state index in [2.05, 4.69) is 62.5 Å². The zero-order valence-electron chi connectivity index (χ0n) is 13.1. The molecule has 2 aromatic rings. The van der Waals surface area contributed by atoms with Gasteiger partial charge in [0.15, 0.2) is 0 Å². The van der Waals surface area contributed by atoms with Crippen molar-refractivity contribution in [3.63, 3.8) is 0 Å². The molecular formula is C19H23NO. The maximum absolute atomic E-state index is 5.80. The Morgan fingerprint density at radius 3 is 2.86 bits per heavy atom. The second-order valence-electron chi connectivity index (χ2n) is 5.90. The van der Waals surface area contributed by atoms with Gasteiger partial charge in [-0.15, -0.1) is 0 Å². The van der Waals surface area contributed by atoms with Gasteiger partial charge in [0.25, 0.3) is 0 Å². The van der Waals surface area contributed by atoms with E-state index in [-0.39, 0.29) is 0 Å². The minimum atomic E-state index is 0.300. The Labute approximate surface area is 127 Å². The summed E-state index contributed by atoms with van der Waals surface area (Å²) >= 11 is 0. The SMILES string of the molecule is CCNCc1ccc(C)cc1-c1ccc2c(c1)CC(C)O2. The summed E-state index contributed by atoms with van der Waals surface area (Å²) in [6.45, 7) is 8.32. The molecule has 21 heavy (non-hydrogen) atoms. The van der Waals surface area contributed by atoms with Crippen molar-refractivity contribution in [1.82, 2.24) is 5.32 Å². The molecule has 0 saturated carbocycles. The molecule has 0 aromatic heterocycles. The van der Waals surface area contributed by atoms with Gasteiger partial charge in [0.1, 0.15) is 11.9 Å². The van der Waals surface area contributed by atoms with Crippen LogP contribution in [0.1, 0.15) is 30.5 Å². The van der Waals surface area contributed by atoms with Gasteiger partial charge in [-0.2, -0.15) is 0 Å². The van der Waals surface area contributed by atoms with Crippen LogP contribution in [0.4, 0.5) is 0 Å². The van der Waals surface area contributed by atoms with Crippen LogP contribution in [0.15, 0.2) is 36.4 Å². The number of fused-ring (bicyclic) bond motifs is 1. The number of benzene rings is 2. The second-order valence-corrected chi connectivity index (χ2v) is 5.90. The van der Waals surface area contributed by atoms with Crippen molar-refractivity contribution in [3.8, 4) is 16.9 Å². The minimum Gasteiger partial charge on any atom is -0.490 e. The predicted molar refractivity (Wildman–Crippen MR) is 87.8 cm³/mol. The smallest absolute Gasteiger partial charge is 0.123 e. The fourth-order valence-corrected chi connectivity index (χ4v) is 2.96. The Hall–Kier alpha value is -1.80. The molecule has 1 N–H and O–H groups in total. The maximum Gasteiger partial charge on any atom is 0.123 e. The van der Waals surface area contributed by atoms with E-state index in [1.54, 1.807) is 0 Å². The Bertz CT molecular complexity index is 648. The summed E-state index contributed by atoms with van der Waals surface area (Å²) in [7, 11) is 0. The predicted octanol–water partition coefficient (Wildman–Crippen LogP) is 4.09. The molecule has 0 bridgehead atoms. The molecule has 0 aliphatic carbocycles. The van der Waals surface area contributed by atoms with E-state index >= 15 is 0 Å². The summed E-state index contributed by atoms with van der Waals surface area (Å²) in [5, 5.41) is 3.43. The first-order valence-electron chi connectivity index (χ1n) is 7.77. The molecule has 0 fully saturated rings. The van der Waals surface area contributed by atoms with E-state index in [9.17, 15) is 0 Å². The summed E-state index contributed by atoms with van der Waals surface area (Å²) in [6, 6.07) is 13.3. The number of aryl methyl sites for hydroxylation is 1. The number of nitrogens with one attached hydrogen (secondary N) is 1. The van der Waals surface area contributed by atoms with E-state index < -0.39 is 0 Å². The van der Waals surface area contributed by atoms with Gasteiger partial charge in [0.05, 0.1) is 0 Å². The lowest BCUT2D eigenvalue weighted by atomic mass is 9.95. The highest BCUT2D eigenvalue weighted by molar-refractivity contribution is 5.70. The highest BCUT2D eigenvalue weighted by Crippen LogP contribution is 2.34. The molecule has 2 aromatic carbocycles. The molecule has 2 heteroatoms. The maximum atomic E-state index is 5.80. The molecule has 1 aliphatic heterocycles. The first kappa shape index (κ1) is 14.2. The summed E-state index contributed by atoms with van der Waals surface area (Å²) in [5.41, 5.74) is 6.61. The minimum absolute atomic E-state index is 0.300. The van der Waals surface area contributed by atoms with E-state index in [0.29, 0.717) is 6.10 Å². The molecule has 1 unspecified atom stereocenters. The topological polar surface area (TPSA) is 21.3 Å². The average Bonchev–Trinajstić information content (AvgIpc) is 2.85. The van der Waals surface area contributed by atoms with Gasteiger partial charge < -0.3 is 10.1 Å². The van der Waals surface area contributed by atoms with Crippen LogP contribution >= 0.6 is 0 Å². The van der Waals surface area contributed by atoms with E-state index in [0.717, 1.165) is 25.3 Å². The van der Waals surface area contributed by atoms with Crippen molar-refractivity contribution in [2.24, 2.45) is 0 Å². The second kappa shape index (κ2) is 5.90. The van der Waals surface area contributed by atoms with Crippen molar-refractivity contribution in [1.29, 1.82) is 0 Å². The third-order valence-corrected chi connectivity index (χ3v) is 4.04. The number of hydrogen-bond acceptors (Lipinski definition) is 2. The summed E-state index contributed by atoms with van der Waals surface area (Å²) < 4.78 is 5.80. The van der Waals surface area contributed by atoms with Crippen LogP contribution in [0.5, 0.6) is 5.75 Å². The van der Waals surface area contributed by atoms with Gasteiger partial charge in [-0.25, -0.2) is 0 Å². The molecule has 0 radical (unpaired) electrons. The van der Waals surface area contributed by atoms with Crippen LogP contribution in [0.2, 0.25) is 0 Å². The normalized spacial score (nSPS) is 16.6. The highest BCUT2D eigenvalue weighted by Gasteiger charge is 2.19. The lowest BCUT2D eigenvalue weighted by molar-refractivity contribution is 0.254. The van der Waals surface area contributed by atoms with Crippen LogP contribution in [-0.4, -0.2) is 12.6 Å². The molecule has 1 aliphatic rings. The van der Waals surface area contributed by atoms with Crippen molar-refractivity contribution >= 4 is 0 Å². The summed E-state index contributed by atoms with van der Waals surface area (Å²) in [5.74, 6) is 1.05. The fraction of sp³-hybridized carbons (Fsp3) is 0.368. The number of hydrogen-bond donors (Lipinski definition) is 1. The standard InChI is InChI=1S/C19H23NO/c1-4-20-12-16-6-5-13(2)9-18(16)15-7-8-19-17(11-15)10-14(3)21-19/h5-9,11,14,20H,4,10,12H2,1-3H3. The zero-order chi connectivity index (χ0) is 14.8. The summed E-state index contributed by atoms with van der Waals surface area (Å²) in [4.78, 5) is 0. The monoisotopic (exact) mass is 281 g/mol. The zero-order valence-corrected chi connectivity index (χ0v) is 13.1. The Balaban J connectivity index is 2.00. The van der Waals surface area contributed by atoms with Crippen LogP contribution in [0.3, 0.4) is 0 Å². The molecule has 0 spiro atoms. The first-order valence-corrected chi connectivity index (χ1v) is 7.77. The van der Waals surface area contributed by atoms with Crippen LogP contribution in [0, 0.1) is 6.92 Å². The molecule has 110 valence electrons.